The van der Waals surface area contributed by atoms with Crippen LogP contribution in [0.25, 0.3) is 0 Å². The van der Waals surface area contributed by atoms with Crippen LogP contribution in [0.4, 0.5) is 0 Å². The third-order valence-corrected chi connectivity index (χ3v) is 2.93. The summed E-state index contributed by atoms with van der Waals surface area (Å²) in [6.45, 7) is 2.49. The van der Waals surface area contributed by atoms with Crippen LogP contribution >= 0.6 is 0 Å². The van der Waals surface area contributed by atoms with Crippen molar-refractivity contribution in [3.63, 3.8) is 0 Å². The summed E-state index contributed by atoms with van der Waals surface area (Å²) < 4.78 is 0. The Hall–Kier alpha value is -1.01. The zero-order chi connectivity index (χ0) is 11.1. The number of nitrogens with zero attached hydrogens (tertiary/aromatic N) is 1. The first-order valence-electron chi connectivity index (χ1n) is 5.69. The average Bonchev–Trinajstić information content (AvgIpc) is 2.27. The van der Waals surface area contributed by atoms with Gasteiger partial charge >= 0.3 is 0 Å². The first-order valence-corrected chi connectivity index (χ1v) is 5.69. The second kappa shape index (κ2) is 6.47. The molecule has 0 aromatic carbocycles. The van der Waals surface area contributed by atoms with Gasteiger partial charge in [0.2, 0.25) is 5.91 Å². The molecule has 15 heavy (non-hydrogen) atoms. The number of terminal acetylenes is 1. The predicted molar refractivity (Wildman–Crippen MR) is 61.0 cm³/mol. The molecule has 1 saturated heterocycles. The topological polar surface area (TPSA) is 46.3 Å². The van der Waals surface area contributed by atoms with Crippen molar-refractivity contribution < 1.29 is 4.79 Å². The summed E-state index contributed by atoms with van der Waals surface area (Å²) in [6.07, 6.45) is 9.52. The Morgan fingerprint density at radius 1 is 1.60 bits per heavy atom. The zero-order valence-corrected chi connectivity index (χ0v) is 9.24. The van der Waals surface area contributed by atoms with Crippen molar-refractivity contribution in [2.45, 2.75) is 32.1 Å². The molecular weight excluding hydrogens is 188 g/mol. The van der Waals surface area contributed by atoms with Crippen LogP contribution in [-0.2, 0) is 4.79 Å². The largest absolute Gasteiger partial charge is 0.342 e. The van der Waals surface area contributed by atoms with Gasteiger partial charge in [-0.15, -0.1) is 12.3 Å². The number of piperidine rings is 1. The van der Waals surface area contributed by atoms with Crippen LogP contribution < -0.4 is 5.73 Å². The maximum atomic E-state index is 11.7. The van der Waals surface area contributed by atoms with Gasteiger partial charge in [0.1, 0.15) is 0 Å². The molecule has 1 unspecified atom stereocenters. The summed E-state index contributed by atoms with van der Waals surface area (Å²) in [4.78, 5) is 13.7. The van der Waals surface area contributed by atoms with E-state index in [1.807, 2.05) is 4.90 Å². The molecule has 84 valence electrons. The summed E-state index contributed by atoms with van der Waals surface area (Å²) in [6, 6.07) is 0. The highest BCUT2D eigenvalue weighted by atomic mass is 16.2. The molecule has 1 amide bonds. The average molecular weight is 208 g/mol. The normalized spacial score (nSPS) is 21.1. The Morgan fingerprint density at radius 2 is 2.40 bits per heavy atom. The van der Waals surface area contributed by atoms with Gasteiger partial charge in [-0.2, -0.15) is 0 Å². The highest BCUT2D eigenvalue weighted by molar-refractivity contribution is 5.76. The molecule has 1 aliphatic rings. The van der Waals surface area contributed by atoms with Crippen molar-refractivity contribution in [2.24, 2.45) is 11.7 Å². The SMILES string of the molecule is C#CCCC(=O)N1CCCC(CCN)C1. The van der Waals surface area contributed by atoms with E-state index in [0.717, 1.165) is 32.5 Å². The Balaban J connectivity index is 2.35. The van der Waals surface area contributed by atoms with Gasteiger partial charge < -0.3 is 10.6 Å². The summed E-state index contributed by atoms with van der Waals surface area (Å²) >= 11 is 0. The van der Waals surface area contributed by atoms with Crippen molar-refractivity contribution in [2.75, 3.05) is 19.6 Å². The quantitative estimate of drug-likeness (QED) is 0.700. The number of hydrogen-bond donors (Lipinski definition) is 1. The molecule has 3 heteroatoms. The molecule has 1 aliphatic heterocycles. The van der Waals surface area contributed by atoms with Crippen molar-refractivity contribution in [1.29, 1.82) is 0 Å². The van der Waals surface area contributed by atoms with Crippen LogP contribution in [0.5, 0.6) is 0 Å². The van der Waals surface area contributed by atoms with Gasteiger partial charge in [0.25, 0.3) is 0 Å². The van der Waals surface area contributed by atoms with Gasteiger partial charge in [-0.25, -0.2) is 0 Å². The summed E-state index contributed by atoms with van der Waals surface area (Å²) in [5.74, 6) is 3.31. The van der Waals surface area contributed by atoms with Gasteiger partial charge in [-0.3, -0.25) is 4.79 Å². The minimum absolute atomic E-state index is 0.203. The summed E-state index contributed by atoms with van der Waals surface area (Å²) in [5, 5.41) is 0. The van der Waals surface area contributed by atoms with Gasteiger partial charge in [0, 0.05) is 25.9 Å². The second-order valence-electron chi connectivity index (χ2n) is 4.13. The number of carbonyl (C=O) groups is 1. The fraction of sp³-hybridized carbons (Fsp3) is 0.750. The lowest BCUT2D eigenvalue weighted by molar-refractivity contribution is -0.132. The number of hydrogen-bond acceptors (Lipinski definition) is 2. The Labute approximate surface area is 92.0 Å². The fourth-order valence-electron chi connectivity index (χ4n) is 2.10. The predicted octanol–water partition coefficient (Wildman–Crippen LogP) is 0.987. The summed E-state index contributed by atoms with van der Waals surface area (Å²) in [7, 11) is 0. The second-order valence-corrected chi connectivity index (χ2v) is 4.13. The van der Waals surface area contributed by atoms with Crippen LogP contribution in [0.2, 0.25) is 0 Å². The van der Waals surface area contributed by atoms with Gasteiger partial charge in [0.15, 0.2) is 0 Å². The first kappa shape index (κ1) is 12.1. The smallest absolute Gasteiger partial charge is 0.223 e. The van der Waals surface area contributed by atoms with Crippen molar-refractivity contribution in [3.05, 3.63) is 0 Å². The fourth-order valence-corrected chi connectivity index (χ4v) is 2.10. The highest BCUT2D eigenvalue weighted by Crippen LogP contribution is 2.19. The van der Waals surface area contributed by atoms with E-state index in [-0.39, 0.29) is 5.91 Å². The lowest BCUT2D eigenvalue weighted by Gasteiger charge is -2.32. The minimum atomic E-state index is 0.203. The van der Waals surface area contributed by atoms with Gasteiger partial charge in [-0.05, 0) is 31.7 Å². The third-order valence-electron chi connectivity index (χ3n) is 2.93. The number of amides is 1. The Morgan fingerprint density at radius 3 is 3.07 bits per heavy atom. The van der Waals surface area contributed by atoms with Gasteiger partial charge in [-0.1, -0.05) is 0 Å². The number of carbonyl (C=O) groups excluding carboxylic acids is 1. The number of likely N-dealkylation sites (tertiary alicyclic amines) is 1. The first-order chi connectivity index (χ1) is 7.27. The maximum Gasteiger partial charge on any atom is 0.223 e. The molecule has 1 atom stereocenters. The lowest BCUT2D eigenvalue weighted by Crippen LogP contribution is -2.40. The Kier molecular flexibility index (Phi) is 5.20. The molecule has 0 radical (unpaired) electrons. The van der Waals surface area contributed by atoms with E-state index >= 15 is 0 Å². The summed E-state index contributed by atoms with van der Waals surface area (Å²) in [5.41, 5.74) is 5.53. The molecule has 2 N–H and O–H groups in total. The molecule has 0 aromatic heterocycles. The molecular formula is C12H20N2O. The molecule has 0 spiro atoms. The minimum Gasteiger partial charge on any atom is -0.342 e. The van der Waals surface area contributed by atoms with E-state index in [0.29, 0.717) is 18.8 Å². The molecule has 1 fully saturated rings. The van der Waals surface area contributed by atoms with Crippen LogP contribution in [0.3, 0.4) is 0 Å². The van der Waals surface area contributed by atoms with Crippen LogP contribution in [0, 0.1) is 18.3 Å². The molecule has 0 aromatic rings. The van der Waals surface area contributed by atoms with E-state index in [1.54, 1.807) is 0 Å². The lowest BCUT2D eigenvalue weighted by atomic mass is 9.94. The van der Waals surface area contributed by atoms with Crippen molar-refractivity contribution in [1.82, 2.24) is 4.90 Å². The number of rotatable bonds is 4. The zero-order valence-electron chi connectivity index (χ0n) is 9.24. The van der Waals surface area contributed by atoms with E-state index in [9.17, 15) is 4.79 Å². The van der Waals surface area contributed by atoms with E-state index in [1.165, 1.54) is 6.42 Å². The van der Waals surface area contributed by atoms with Crippen molar-refractivity contribution in [3.8, 4) is 12.3 Å². The van der Waals surface area contributed by atoms with Gasteiger partial charge in [0.05, 0.1) is 0 Å². The highest BCUT2D eigenvalue weighted by Gasteiger charge is 2.22. The van der Waals surface area contributed by atoms with E-state index in [2.05, 4.69) is 5.92 Å². The number of nitrogens with two attached hydrogens (primary N) is 1. The van der Waals surface area contributed by atoms with Crippen molar-refractivity contribution >= 4 is 5.91 Å². The van der Waals surface area contributed by atoms with E-state index < -0.39 is 0 Å². The monoisotopic (exact) mass is 208 g/mol. The van der Waals surface area contributed by atoms with Crippen LogP contribution in [0.15, 0.2) is 0 Å². The standard InChI is InChI=1S/C12H20N2O/c1-2-3-6-12(15)14-9-4-5-11(10-14)7-8-13/h1,11H,3-10,13H2. The molecule has 1 rings (SSSR count). The molecule has 1 heterocycles. The van der Waals surface area contributed by atoms with E-state index in [4.69, 9.17) is 12.2 Å². The van der Waals surface area contributed by atoms with Crippen LogP contribution in [0.1, 0.15) is 32.1 Å². The molecule has 0 bridgehead atoms. The molecule has 0 aliphatic carbocycles. The van der Waals surface area contributed by atoms with Crippen LogP contribution in [-0.4, -0.2) is 30.4 Å². The Bertz CT molecular complexity index is 242. The third kappa shape index (κ3) is 3.93. The molecule has 0 saturated carbocycles. The molecule has 3 nitrogen and oxygen atoms in total. The maximum absolute atomic E-state index is 11.7.